The molecule has 1 unspecified atom stereocenters. The first-order valence-corrected chi connectivity index (χ1v) is 4.93. The minimum Gasteiger partial charge on any atom is -0.492 e. The van der Waals surface area contributed by atoms with E-state index in [2.05, 4.69) is 15.9 Å². The van der Waals surface area contributed by atoms with Crippen LogP contribution in [0.5, 0.6) is 5.75 Å². The van der Waals surface area contributed by atoms with Crippen LogP contribution in [0, 0.1) is 5.92 Å². The van der Waals surface area contributed by atoms with Crippen molar-refractivity contribution in [1.29, 1.82) is 0 Å². The van der Waals surface area contributed by atoms with E-state index in [1.807, 2.05) is 0 Å². The number of carbonyl (C=O) groups is 2. The van der Waals surface area contributed by atoms with Gasteiger partial charge in [-0.1, -0.05) is 15.9 Å². The summed E-state index contributed by atoms with van der Waals surface area (Å²) in [5.41, 5.74) is 0.475. The topological polar surface area (TPSA) is 43.4 Å². The van der Waals surface area contributed by atoms with E-state index in [1.165, 1.54) is 0 Å². The first kappa shape index (κ1) is 9.40. The number of halogens is 1. The molecule has 0 aromatic heterocycles. The minimum atomic E-state index is -0.656. The Morgan fingerprint density at radius 1 is 1.50 bits per heavy atom. The van der Waals surface area contributed by atoms with Gasteiger partial charge in [0.05, 0.1) is 5.56 Å². The van der Waals surface area contributed by atoms with Crippen molar-refractivity contribution < 1.29 is 14.3 Å². The molecule has 1 aliphatic rings. The summed E-state index contributed by atoms with van der Waals surface area (Å²) in [6.45, 7) is 0.150. The fourth-order valence-corrected chi connectivity index (χ4v) is 1.74. The molecule has 0 radical (unpaired) electrons. The monoisotopic (exact) mass is 254 g/mol. The standard InChI is InChI=1S/C10H7BrO3/c11-7-1-2-9-8(3-7)10(13)6(4-12)5-14-9/h1-4,6H,5H2. The van der Waals surface area contributed by atoms with Crippen LogP contribution in [0.3, 0.4) is 0 Å². The van der Waals surface area contributed by atoms with Crippen molar-refractivity contribution in [3.8, 4) is 5.75 Å². The SMILES string of the molecule is O=CC1COc2ccc(Br)cc2C1=O. The number of ketones is 1. The van der Waals surface area contributed by atoms with E-state index in [0.29, 0.717) is 17.6 Å². The molecule has 72 valence electrons. The second-order valence-electron chi connectivity index (χ2n) is 3.06. The molecular formula is C10H7BrO3. The van der Waals surface area contributed by atoms with Gasteiger partial charge in [0.25, 0.3) is 0 Å². The fraction of sp³-hybridized carbons (Fsp3) is 0.200. The number of hydrogen-bond acceptors (Lipinski definition) is 3. The quantitative estimate of drug-likeness (QED) is 0.568. The number of fused-ring (bicyclic) bond motifs is 1. The Kier molecular flexibility index (Phi) is 2.37. The molecule has 0 aliphatic carbocycles. The Labute approximate surface area is 89.2 Å². The van der Waals surface area contributed by atoms with Gasteiger partial charge in [-0.2, -0.15) is 0 Å². The normalized spacial score (nSPS) is 19.8. The molecule has 3 nitrogen and oxygen atoms in total. The molecule has 1 aromatic carbocycles. The molecule has 0 bridgehead atoms. The van der Waals surface area contributed by atoms with Gasteiger partial charge in [0.2, 0.25) is 0 Å². The van der Waals surface area contributed by atoms with E-state index in [-0.39, 0.29) is 12.4 Å². The number of ether oxygens (including phenoxy) is 1. The van der Waals surface area contributed by atoms with Gasteiger partial charge in [-0.25, -0.2) is 0 Å². The maximum absolute atomic E-state index is 11.7. The smallest absolute Gasteiger partial charge is 0.180 e. The highest BCUT2D eigenvalue weighted by molar-refractivity contribution is 9.10. The lowest BCUT2D eigenvalue weighted by Crippen LogP contribution is -2.28. The van der Waals surface area contributed by atoms with Crippen LogP contribution in [0.2, 0.25) is 0 Å². The second kappa shape index (κ2) is 3.53. The number of hydrogen-bond donors (Lipinski definition) is 0. The Hall–Kier alpha value is -1.16. The van der Waals surface area contributed by atoms with Gasteiger partial charge in [-0.15, -0.1) is 0 Å². The number of Topliss-reactive ketones (excluding diaryl/α,β-unsaturated/α-hetero) is 1. The summed E-state index contributed by atoms with van der Waals surface area (Å²) in [6.07, 6.45) is 0.631. The first-order chi connectivity index (χ1) is 6.72. The van der Waals surface area contributed by atoms with Crippen molar-refractivity contribution in [2.45, 2.75) is 0 Å². The number of aldehydes is 1. The number of benzene rings is 1. The zero-order valence-corrected chi connectivity index (χ0v) is 8.78. The maximum Gasteiger partial charge on any atom is 0.180 e. The summed E-state index contributed by atoms with van der Waals surface area (Å²) in [4.78, 5) is 22.2. The van der Waals surface area contributed by atoms with Gasteiger partial charge in [-0.05, 0) is 18.2 Å². The lowest BCUT2D eigenvalue weighted by Gasteiger charge is -2.20. The molecule has 0 fully saturated rings. The van der Waals surface area contributed by atoms with Crippen molar-refractivity contribution in [3.05, 3.63) is 28.2 Å². The molecule has 1 heterocycles. The van der Waals surface area contributed by atoms with Crippen LogP contribution in [0.15, 0.2) is 22.7 Å². The Morgan fingerprint density at radius 2 is 2.29 bits per heavy atom. The van der Waals surface area contributed by atoms with E-state index in [4.69, 9.17) is 4.74 Å². The summed E-state index contributed by atoms with van der Waals surface area (Å²) < 4.78 is 6.08. The van der Waals surface area contributed by atoms with Crippen LogP contribution in [-0.4, -0.2) is 18.7 Å². The molecule has 1 aliphatic heterocycles. The Bertz CT molecular complexity index is 400. The van der Waals surface area contributed by atoms with Crippen LogP contribution < -0.4 is 4.74 Å². The zero-order valence-electron chi connectivity index (χ0n) is 7.20. The largest absolute Gasteiger partial charge is 0.492 e. The molecule has 1 atom stereocenters. The molecule has 0 spiro atoms. The van der Waals surface area contributed by atoms with Crippen LogP contribution >= 0.6 is 15.9 Å². The zero-order chi connectivity index (χ0) is 10.1. The fourth-order valence-electron chi connectivity index (χ4n) is 1.38. The van der Waals surface area contributed by atoms with Crippen molar-refractivity contribution >= 4 is 28.0 Å². The summed E-state index contributed by atoms with van der Waals surface area (Å²) in [5, 5.41) is 0. The van der Waals surface area contributed by atoms with Gasteiger partial charge in [0, 0.05) is 4.47 Å². The van der Waals surface area contributed by atoms with Crippen molar-refractivity contribution in [1.82, 2.24) is 0 Å². The maximum atomic E-state index is 11.7. The third-order valence-corrected chi connectivity index (χ3v) is 2.62. The van der Waals surface area contributed by atoms with E-state index in [1.54, 1.807) is 18.2 Å². The average molecular weight is 255 g/mol. The predicted molar refractivity (Wildman–Crippen MR) is 53.5 cm³/mol. The molecule has 0 amide bonds. The third-order valence-electron chi connectivity index (χ3n) is 2.13. The second-order valence-corrected chi connectivity index (χ2v) is 3.97. The Morgan fingerprint density at radius 3 is 3.00 bits per heavy atom. The first-order valence-electron chi connectivity index (χ1n) is 4.14. The summed E-state index contributed by atoms with van der Waals surface area (Å²) in [6, 6.07) is 5.19. The van der Waals surface area contributed by atoms with Crippen LogP contribution in [0.25, 0.3) is 0 Å². The highest BCUT2D eigenvalue weighted by Crippen LogP contribution is 2.29. The average Bonchev–Trinajstić information content (AvgIpc) is 2.20. The lowest BCUT2D eigenvalue weighted by molar-refractivity contribution is -0.110. The van der Waals surface area contributed by atoms with Gasteiger partial charge >= 0.3 is 0 Å². The number of rotatable bonds is 1. The molecule has 0 N–H and O–H groups in total. The molecule has 4 heteroatoms. The van der Waals surface area contributed by atoms with Gasteiger partial charge in [0.15, 0.2) is 5.78 Å². The molecule has 0 saturated carbocycles. The van der Waals surface area contributed by atoms with E-state index in [0.717, 1.165) is 4.47 Å². The molecule has 1 aromatic rings. The van der Waals surface area contributed by atoms with Gasteiger partial charge < -0.3 is 9.53 Å². The Balaban J connectivity index is 2.48. The van der Waals surface area contributed by atoms with Crippen molar-refractivity contribution in [2.24, 2.45) is 5.92 Å². The molecule has 14 heavy (non-hydrogen) atoms. The minimum absolute atomic E-state index is 0.150. The summed E-state index contributed by atoms with van der Waals surface area (Å²) in [5.74, 6) is -0.268. The lowest BCUT2D eigenvalue weighted by atomic mass is 9.96. The van der Waals surface area contributed by atoms with Crippen LogP contribution in [-0.2, 0) is 4.79 Å². The van der Waals surface area contributed by atoms with E-state index in [9.17, 15) is 9.59 Å². The molecular weight excluding hydrogens is 248 g/mol. The molecule has 2 rings (SSSR count). The van der Waals surface area contributed by atoms with Crippen LogP contribution in [0.4, 0.5) is 0 Å². The number of carbonyl (C=O) groups excluding carboxylic acids is 2. The highest BCUT2D eigenvalue weighted by Gasteiger charge is 2.28. The predicted octanol–water partition coefficient (Wildman–Crippen LogP) is 1.84. The van der Waals surface area contributed by atoms with Crippen molar-refractivity contribution in [3.63, 3.8) is 0 Å². The summed E-state index contributed by atoms with van der Waals surface area (Å²) >= 11 is 3.26. The molecule has 0 saturated heterocycles. The van der Waals surface area contributed by atoms with Crippen LogP contribution in [0.1, 0.15) is 10.4 Å². The highest BCUT2D eigenvalue weighted by atomic mass is 79.9. The van der Waals surface area contributed by atoms with E-state index < -0.39 is 5.92 Å². The van der Waals surface area contributed by atoms with Gasteiger partial charge in [0.1, 0.15) is 24.6 Å². The third kappa shape index (κ3) is 1.46. The van der Waals surface area contributed by atoms with E-state index >= 15 is 0 Å². The summed E-state index contributed by atoms with van der Waals surface area (Å²) in [7, 11) is 0. The van der Waals surface area contributed by atoms with Gasteiger partial charge in [-0.3, -0.25) is 4.79 Å². The van der Waals surface area contributed by atoms with Crippen molar-refractivity contribution in [2.75, 3.05) is 6.61 Å².